The van der Waals surface area contributed by atoms with E-state index in [9.17, 15) is 116 Å². The van der Waals surface area contributed by atoms with Gasteiger partial charge in [0.25, 0.3) is 0 Å². The number of carboxylic acids is 1. The van der Waals surface area contributed by atoms with E-state index in [-0.39, 0.29) is 86.8 Å². The van der Waals surface area contributed by atoms with E-state index in [1.54, 1.807) is 69.9 Å². The summed E-state index contributed by atoms with van der Waals surface area (Å²) in [5, 5.41) is 71.6. The smallest absolute Gasteiger partial charge is 0.326 e. The molecule has 0 saturated heterocycles. The molecule has 32 N–H and O–H groups in total. The standard InChI is InChI=1S/C87H144N24O24S5/c1-12-46(6)69(110-81(128)61(39-67(93)117)105-78(125)58(36-44(2)3)103-71(118)50(89)27-32-137-8)85(132)107-62(41-112)82(129)98-52(22-25-65(91)115)73(120)104-60(38-49-40-94-43-95-49)80(127)97-53(23-26-66(92)116)74(121)108-63(42-136)83(130)109-68(45(4)5)84(131)101-55(29-34-139-10)76(123)99-54(28-33-138-9)75(122)100-56(30-35-140-11)77(124)111-70(47(7)113)86(133)106-59(37-48-18-14-13-15-19-48)79(126)96-51(21-24-64(90)114)72(119)102-57(87(134)135)20-16-17-31-88/h13-15,18-19,40,43-47,50-63,68-70,112-113,136H,12,16-17,20-39,41-42,88-89H2,1-11H3,(H2,90,114)(H2,91,115)(H2,92,116)(H2,93,117)(H,94,95)(H,96,126)(H,97,127)(H,98,129)(H,99,123)(H,100,122)(H,101,131)(H,102,119)(H,103,118)(H,104,120)(H,105,125)(H,106,133)(H,107,132)(H,108,121)(H,109,130)(H,110,128)(H,111,124)(H,134,135)/t46-,47+,50-,51-,52-,53-,54-,55-,56-,57-,58-,59-,60-,61-,62-,63-,68-,69-,70-/m0/s1. The highest BCUT2D eigenvalue weighted by atomic mass is 32.2. The molecule has 0 bridgehead atoms. The predicted molar refractivity (Wildman–Crippen MR) is 529 cm³/mol. The normalized spacial score (nSPS) is 15.3. The number of H-pyrrole nitrogens is 1. The predicted octanol–water partition coefficient (Wildman–Crippen LogP) is -6.77. The molecular weight excluding hydrogens is 1930 g/mol. The number of carboxylic acid groups (broad SMARTS) is 1. The third-order valence-electron chi connectivity index (χ3n) is 21.8. The maximum absolute atomic E-state index is 14.7. The molecule has 19 atom stereocenters. The lowest BCUT2D eigenvalue weighted by atomic mass is 9.97. The molecule has 0 radical (unpaired) electrons. The molecule has 2 rings (SSSR count). The van der Waals surface area contributed by atoms with Crippen LogP contribution < -0.4 is 119 Å². The number of thioether (sulfide) groups is 4. The van der Waals surface area contributed by atoms with Crippen LogP contribution >= 0.6 is 59.7 Å². The Kier molecular flexibility index (Phi) is 60.1. The molecule has 140 heavy (non-hydrogen) atoms. The van der Waals surface area contributed by atoms with Gasteiger partial charge in [-0.2, -0.15) is 59.7 Å². The number of aliphatic carboxylic acids is 1. The first kappa shape index (κ1) is 125. The third kappa shape index (κ3) is 47.4. The van der Waals surface area contributed by atoms with E-state index in [1.165, 1.54) is 80.3 Å². The fourth-order valence-corrected chi connectivity index (χ4v) is 15.8. The number of nitrogens with one attached hydrogen (secondary N) is 17. The minimum atomic E-state index is -1.95. The number of nitrogens with two attached hydrogens (primary N) is 6. The molecular formula is C87H144N24O24S5. The highest BCUT2D eigenvalue weighted by Crippen LogP contribution is 2.18. The molecule has 1 aromatic carbocycles. The van der Waals surface area contributed by atoms with Crippen LogP contribution in [0.2, 0.25) is 0 Å². The lowest BCUT2D eigenvalue weighted by molar-refractivity contribution is -0.142. The van der Waals surface area contributed by atoms with Crippen molar-refractivity contribution in [1.82, 2.24) is 95.0 Å². The number of aromatic nitrogens is 2. The van der Waals surface area contributed by atoms with Crippen LogP contribution in [0.3, 0.4) is 0 Å². The fraction of sp³-hybridized carbons (Fsp3) is 0.655. The van der Waals surface area contributed by atoms with Crippen molar-refractivity contribution in [2.75, 3.05) is 66.9 Å². The number of hydrogen-bond acceptors (Lipinski definition) is 31. The molecule has 2 aromatic rings. The van der Waals surface area contributed by atoms with Gasteiger partial charge in [-0.3, -0.25) is 95.9 Å². The minimum Gasteiger partial charge on any atom is -0.480 e. The van der Waals surface area contributed by atoms with E-state index in [0.717, 1.165) is 6.92 Å². The number of primary amides is 4. The number of nitrogens with zero attached hydrogens (tertiary/aromatic N) is 1. The number of hydrogen-bond donors (Lipinski definition) is 27. The van der Waals surface area contributed by atoms with E-state index in [4.69, 9.17) is 34.4 Å². The number of thiol groups is 1. The Hall–Kier alpha value is -11.1. The molecule has 0 fully saturated rings. The summed E-state index contributed by atoms with van der Waals surface area (Å²) in [6.07, 6.45) is 4.10. The zero-order chi connectivity index (χ0) is 106. The minimum absolute atomic E-state index is 0.0285. The lowest BCUT2D eigenvalue weighted by Crippen LogP contribution is -2.62. The Morgan fingerprint density at radius 2 is 0.750 bits per heavy atom. The summed E-state index contributed by atoms with van der Waals surface area (Å²) in [6.45, 7) is 9.99. The molecule has 0 aliphatic rings. The van der Waals surface area contributed by atoms with Gasteiger partial charge in [0, 0.05) is 44.1 Å². The monoisotopic (exact) mass is 2070 g/mol. The molecule has 1 aromatic heterocycles. The second-order valence-corrected chi connectivity index (χ2v) is 38.4. The van der Waals surface area contributed by atoms with E-state index in [2.05, 4.69) is 108 Å². The molecule has 0 aliphatic heterocycles. The molecule has 0 saturated carbocycles. The Labute approximate surface area is 836 Å². The average Bonchev–Trinajstić information content (AvgIpc) is 0.894. The van der Waals surface area contributed by atoms with Gasteiger partial charge < -0.3 is 140 Å². The van der Waals surface area contributed by atoms with Crippen LogP contribution in [0.4, 0.5) is 0 Å². The molecule has 786 valence electrons. The Morgan fingerprint density at radius 3 is 1.16 bits per heavy atom. The summed E-state index contributed by atoms with van der Waals surface area (Å²) in [5.41, 5.74) is 34.2. The summed E-state index contributed by atoms with van der Waals surface area (Å²) >= 11 is 9.60. The number of carbonyl (C=O) groups excluding carboxylic acids is 20. The van der Waals surface area contributed by atoms with Gasteiger partial charge in [-0.15, -0.1) is 0 Å². The van der Waals surface area contributed by atoms with Crippen molar-refractivity contribution >= 4 is 184 Å². The van der Waals surface area contributed by atoms with Gasteiger partial charge in [0.15, 0.2) is 0 Å². The summed E-state index contributed by atoms with van der Waals surface area (Å²) < 4.78 is 0. The van der Waals surface area contributed by atoms with Crippen LogP contribution in [-0.2, 0) is 114 Å². The Bertz CT molecular complexity index is 4400. The number of imidazole rings is 1. The van der Waals surface area contributed by atoms with Gasteiger partial charge in [-0.1, -0.05) is 78.3 Å². The first-order valence-electron chi connectivity index (χ1n) is 45.7. The van der Waals surface area contributed by atoms with Crippen molar-refractivity contribution in [3.05, 3.63) is 54.1 Å². The van der Waals surface area contributed by atoms with Crippen LogP contribution in [0.15, 0.2) is 42.9 Å². The molecule has 0 spiro atoms. The summed E-state index contributed by atoms with van der Waals surface area (Å²) in [4.78, 5) is 297. The van der Waals surface area contributed by atoms with E-state index in [1.807, 2.05) is 6.26 Å². The van der Waals surface area contributed by atoms with Crippen molar-refractivity contribution in [2.45, 2.75) is 273 Å². The van der Waals surface area contributed by atoms with Crippen LogP contribution in [0.25, 0.3) is 0 Å². The fourth-order valence-electron chi connectivity index (χ4n) is 13.6. The first-order valence-corrected chi connectivity index (χ1v) is 51.9. The Morgan fingerprint density at radius 1 is 0.400 bits per heavy atom. The second kappa shape index (κ2) is 67.3. The number of benzene rings is 1. The van der Waals surface area contributed by atoms with Crippen LogP contribution in [0.5, 0.6) is 0 Å². The number of carbonyl (C=O) groups is 21. The largest absolute Gasteiger partial charge is 0.480 e. The van der Waals surface area contributed by atoms with Gasteiger partial charge in [0.2, 0.25) is 118 Å². The molecule has 20 amide bonds. The van der Waals surface area contributed by atoms with Crippen molar-refractivity contribution in [1.29, 1.82) is 0 Å². The number of amides is 20. The van der Waals surface area contributed by atoms with Crippen LogP contribution in [-0.4, -0.2) is 325 Å². The van der Waals surface area contributed by atoms with Gasteiger partial charge in [0.1, 0.15) is 96.7 Å². The quantitative estimate of drug-likeness (QED) is 0.0216. The average molecular weight is 2070 g/mol. The number of rotatable bonds is 72. The van der Waals surface area contributed by atoms with Gasteiger partial charge in [0.05, 0.1) is 37.2 Å². The molecule has 0 aliphatic carbocycles. The van der Waals surface area contributed by atoms with Crippen molar-refractivity contribution in [2.24, 2.45) is 52.2 Å². The van der Waals surface area contributed by atoms with Crippen molar-refractivity contribution in [3.8, 4) is 0 Å². The van der Waals surface area contributed by atoms with Gasteiger partial charge in [-0.05, 0) is 155 Å². The maximum atomic E-state index is 14.7. The summed E-state index contributed by atoms with van der Waals surface area (Å²) in [6, 6.07) is -18.6. The number of aliphatic hydroxyl groups excluding tert-OH is 2. The zero-order valence-electron chi connectivity index (χ0n) is 80.7. The highest BCUT2D eigenvalue weighted by molar-refractivity contribution is 7.99. The van der Waals surface area contributed by atoms with Crippen molar-refractivity contribution in [3.63, 3.8) is 0 Å². The zero-order valence-corrected chi connectivity index (χ0v) is 84.9. The first-order chi connectivity index (χ1) is 66.1. The molecule has 53 heteroatoms. The van der Waals surface area contributed by atoms with E-state index < -0.39 is 308 Å². The number of unbranched alkanes of at least 4 members (excludes halogenated alkanes) is 1. The lowest BCUT2D eigenvalue weighted by Gasteiger charge is -2.29. The van der Waals surface area contributed by atoms with Gasteiger partial charge in [-0.25, -0.2) is 9.78 Å². The van der Waals surface area contributed by atoms with Crippen molar-refractivity contribution < 1.29 is 116 Å². The number of aliphatic hydroxyl groups is 2. The SMILES string of the molecule is CC[C@H](C)[C@H](NC(=O)[C@H](CC(N)=O)NC(=O)[C@H](CC(C)C)NC(=O)[C@@H](N)CCSC)C(=O)N[C@@H](CO)C(=O)N[C@@H](CCC(N)=O)C(=O)N[C@@H](Cc1c[nH]cn1)C(=O)N[C@@H](CCC(N)=O)C(=O)N[C@@H](CS)C(=O)N[C@H](C(=O)N[C@@H](CCSC)C(=O)N[C@@H](CCSC)C(=O)N[C@@H](CCSC)C(=O)N[C@H](C(=O)N[C@@H](Cc1ccccc1)C(=O)N[C@@H](CCC(N)=O)C(=O)N[C@@H](CCCCN)C(=O)O)[C@@H](C)O)C(C)C. The van der Waals surface area contributed by atoms with Gasteiger partial charge >= 0.3 is 5.97 Å². The van der Waals surface area contributed by atoms with Crippen LogP contribution in [0.1, 0.15) is 162 Å². The summed E-state index contributed by atoms with van der Waals surface area (Å²) in [5.74, 6) is -22.7. The summed E-state index contributed by atoms with van der Waals surface area (Å²) in [7, 11) is 0. The number of aromatic amines is 1. The molecule has 0 unspecified atom stereocenters. The third-order valence-corrected chi connectivity index (χ3v) is 24.8. The van der Waals surface area contributed by atoms with E-state index in [0.29, 0.717) is 24.2 Å². The second-order valence-electron chi connectivity index (χ2n) is 34.1. The van der Waals surface area contributed by atoms with E-state index >= 15 is 0 Å². The Balaban J connectivity index is 2.52. The molecule has 1 heterocycles. The molecule has 48 nitrogen and oxygen atoms in total. The topological polar surface area (TPSA) is 796 Å². The maximum Gasteiger partial charge on any atom is 0.326 e. The van der Waals surface area contributed by atoms with Crippen LogP contribution in [0, 0.1) is 17.8 Å². The highest BCUT2D eigenvalue weighted by Gasteiger charge is 2.42.